The molecule has 0 atom stereocenters. The number of carbonyl (C=O) groups is 1. The molecular weight excluding hydrogens is 352 g/mol. The van der Waals surface area contributed by atoms with Crippen molar-refractivity contribution in [2.45, 2.75) is 57.9 Å². The fourth-order valence-electron chi connectivity index (χ4n) is 3.23. The third kappa shape index (κ3) is 6.64. The third-order valence-corrected chi connectivity index (χ3v) is 4.72. The summed E-state index contributed by atoms with van der Waals surface area (Å²) in [4.78, 5) is 19.2. The van der Waals surface area contributed by atoms with Crippen molar-refractivity contribution in [3.8, 4) is 0 Å². The molecule has 0 bridgehead atoms. The Kier molecular flexibility index (Phi) is 7.35. The van der Waals surface area contributed by atoms with Gasteiger partial charge in [-0.2, -0.15) is 0 Å². The number of Topliss-reactive ketones (excluding diaryl/α,β-unsaturated/α-hetero) is 1. The second-order valence-corrected chi connectivity index (χ2v) is 7.14. The number of unbranched alkanes of at least 4 members (excludes halogenated alkanes) is 2. The Morgan fingerprint density at radius 1 is 1.04 bits per heavy atom. The van der Waals surface area contributed by atoms with Gasteiger partial charge in [-0.1, -0.05) is 42.0 Å². The van der Waals surface area contributed by atoms with Gasteiger partial charge in [0.25, 0.3) is 0 Å². The average Bonchev–Trinajstić information content (AvgIpc) is 3.31. The first-order chi connectivity index (χ1) is 13.7. The molecule has 0 aliphatic carbocycles. The maximum Gasteiger partial charge on any atom is 0.197 e. The van der Waals surface area contributed by atoms with Crippen LogP contribution < -0.4 is 5.73 Å². The van der Waals surface area contributed by atoms with Crippen molar-refractivity contribution in [2.75, 3.05) is 5.73 Å². The van der Waals surface area contributed by atoms with Crippen molar-refractivity contribution in [3.63, 3.8) is 0 Å². The van der Waals surface area contributed by atoms with Crippen LogP contribution in [0, 0.1) is 0 Å². The van der Waals surface area contributed by atoms with Gasteiger partial charge in [0.15, 0.2) is 11.7 Å². The summed E-state index contributed by atoms with van der Waals surface area (Å²) in [6, 6.07) is 10.3. The topological polar surface area (TPSA) is 102 Å². The quantitative estimate of drug-likeness (QED) is 0.470. The van der Waals surface area contributed by atoms with E-state index in [1.54, 1.807) is 10.9 Å². The van der Waals surface area contributed by atoms with Gasteiger partial charge in [0.05, 0.1) is 11.9 Å². The van der Waals surface area contributed by atoms with E-state index in [0.717, 1.165) is 56.3 Å². The van der Waals surface area contributed by atoms with Crippen molar-refractivity contribution >= 4 is 11.7 Å². The van der Waals surface area contributed by atoms with Gasteiger partial charge in [-0.05, 0) is 44.1 Å². The molecular formula is C21H28N6O. The van der Waals surface area contributed by atoms with Crippen LogP contribution in [0.3, 0.4) is 0 Å². The van der Waals surface area contributed by atoms with E-state index < -0.39 is 0 Å². The molecule has 2 aromatic heterocycles. The van der Waals surface area contributed by atoms with Crippen LogP contribution in [0.15, 0.2) is 42.7 Å². The minimum atomic E-state index is 0.200. The first-order valence-corrected chi connectivity index (χ1v) is 9.93. The number of anilines is 1. The molecule has 0 amide bonds. The molecule has 0 aliphatic rings. The van der Waals surface area contributed by atoms with Gasteiger partial charge in [-0.3, -0.25) is 4.79 Å². The molecule has 0 radical (unpaired) electrons. The van der Waals surface area contributed by atoms with Gasteiger partial charge in [-0.25, -0.2) is 9.67 Å². The standard InChI is InChI=1S/C21H28N6O/c22-21-23-14-18(24-21)11-5-2-6-12-19-15-27(26-25-19)16-20(28)13-7-10-17-8-3-1-4-9-17/h1,3-4,8-9,14-15H,2,5-7,10-13,16H2,(H3,22,23,24). The van der Waals surface area contributed by atoms with E-state index >= 15 is 0 Å². The zero-order valence-corrected chi connectivity index (χ0v) is 16.2. The zero-order chi connectivity index (χ0) is 19.6. The number of benzene rings is 1. The van der Waals surface area contributed by atoms with E-state index in [-0.39, 0.29) is 5.78 Å². The Bertz CT molecular complexity index is 855. The number of nitrogens with two attached hydrogens (primary N) is 1. The Hall–Kier alpha value is -2.96. The molecule has 1 aromatic carbocycles. The molecule has 7 heteroatoms. The molecule has 2 heterocycles. The summed E-state index contributed by atoms with van der Waals surface area (Å²) in [6.45, 7) is 0.309. The van der Waals surface area contributed by atoms with Crippen LogP contribution in [-0.2, 0) is 30.6 Å². The molecule has 28 heavy (non-hydrogen) atoms. The lowest BCUT2D eigenvalue weighted by Crippen LogP contribution is -2.10. The lowest BCUT2D eigenvalue weighted by molar-refractivity contribution is -0.119. The number of nitrogens with zero attached hydrogens (tertiary/aromatic N) is 4. The van der Waals surface area contributed by atoms with Crippen LogP contribution in [0.25, 0.3) is 0 Å². The number of hydrogen-bond acceptors (Lipinski definition) is 5. The summed E-state index contributed by atoms with van der Waals surface area (Å²) >= 11 is 0. The molecule has 0 spiro atoms. The molecule has 3 rings (SSSR count). The Balaban J connectivity index is 1.29. The highest BCUT2D eigenvalue weighted by Gasteiger charge is 2.07. The number of nitrogens with one attached hydrogen (secondary N) is 1. The highest BCUT2D eigenvalue weighted by molar-refractivity contribution is 5.78. The number of rotatable bonds is 12. The van der Waals surface area contributed by atoms with Crippen molar-refractivity contribution in [3.05, 3.63) is 59.7 Å². The first kappa shape index (κ1) is 19.8. The molecule has 148 valence electrons. The van der Waals surface area contributed by atoms with Gasteiger partial charge in [0.1, 0.15) is 6.54 Å². The van der Waals surface area contributed by atoms with Gasteiger partial charge < -0.3 is 10.7 Å². The summed E-state index contributed by atoms with van der Waals surface area (Å²) in [5, 5.41) is 8.27. The number of hydrogen-bond donors (Lipinski definition) is 2. The Morgan fingerprint density at radius 2 is 1.86 bits per heavy atom. The van der Waals surface area contributed by atoms with E-state index in [0.29, 0.717) is 18.9 Å². The number of carbonyl (C=O) groups excluding carboxylic acids is 1. The van der Waals surface area contributed by atoms with Gasteiger partial charge in [-0.15, -0.1) is 5.10 Å². The number of ketones is 1. The van der Waals surface area contributed by atoms with Crippen molar-refractivity contribution < 1.29 is 4.79 Å². The number of aryl methyl sites for hydroxylation is 3. The number of aromatic nitrogens is 5. The van der Waals surface area contributed by atoms with E-state index in [2.05, 4.69) is 32.4 Å². The summed E-state index contributed by atoms with van der Waals surface area (Å²) in [7, 11) is 0. The highest BCUT2D eigenvalue weighted by Crippen LogP contribution is 2.09. The van der Waals surface area contributed by atoms with Crippen molar-refractivity contribution in [1.29, 1.82) is 0 Å². The molecule has 0 saturated heterocycles. The largest absolute Gasteiger partial charge is 0.369 e. The number of H-pyrrole nitrogens is 1. The smallest absolute Gasteiger partial charge is 0.197 e. The van der Waals surface area contributed by atoms with Gasteiger partial charge >= 0.3 is 0 Å². The Labute approximate surface area is 165 Å². The van der Waals surface area contributed by atoms with E-state index in [1.165, 1.54) is 5.56 Å². The fourth-order valence-corrected chi connectivity index (χ4v) is 3.23. The fraction of sp³-hybridized carbons (Fsp3) is 0.429. The zero-order valence-electron chi connectivity index (χ0n) is 16.2. The second kappa shape index (κ2) is 10.4. The molecule has 0 unspecified atom stereocenters. The first-order valence-electron chi connectivity index (χ1n) is 9.93. The Morgan fingerprint density at radius 3 is 2.64 bits per heavy atom. The second-order valence-electron chi connectivity index (χ2n) is 7.14. The molecule has 3 aromatic rings. The van der Waals surface area contributed by atoms with E-state index in [9.17, 15) is 4.79 Å². The van der Waals surface area contributed by atoms with E-state index in [4.69, 9.17) is 5.73 Å². The molecule has 0 saturated carbocycles. The van der Waals surface area contributed by atoms with Crippen LogP contribution >= 0.6 is 0 Å². The van der Waals surface area contributed by atoms with Crippen molar-refractivity contribution in [1.82, 2.24) is 25.0 Å². The molecule has 7 nitrogen and oxygen atoms in total. The highest BCUT2D eigenvalue weighted by atomic mass is 16.1. The van der Waals surface area contributed by atoms with Crippen LogP contribution in [0.1, 0.15) is 49.1 Å². The predicted molar refractivity (Wildman–Crippen MR) is 109 cm³/mol. The maximum absolute atomic E-state index is 12.1. The van der Waals surface area contributed by atoms with E-state index in [1.807, 2.05) is 24.4 Å². The lowest BCUT2D eigenvalue weighted by atomic mass is 10.1. The van der Waals surface area contributed by atoms with Crippen LogP contribution in [0.4, 0.5) is 5.95 Å². The summed E-state index contributed by atoms with van der Waals surface area (Å²) in [5.41, 5.74) is 8.86. The van der Waals surface area contributed by atoms with Gasteiger partial charge in [0.2, 0.25) is 0 Å². The van der Waals surface area contributed by atoms with Crippen LogP contribution in [0.5, 0.6) is 0 Å². The SMILES string of the molecule is Nc1ncc(CCCCCc2cn(CC(=O)CCCc3ccccc3)nn2)[nH]1. The number of aromatic amines is 1. The average molecular weight is 380 g/mol. The van der Waals surface area contributed by atoms with Crippen molar-refractivity contribution in [2.24, 2.45) is 0 Å². The normalized spacial score (nSPS) is 11.0. The molecule has 3 N–H and O–H groups in total. The monoisotopic (exact) mass is 380 g/mol. The minimum absolute atomic E-state index is 0.200. The molecule has 0 fully saturated rings. The summed E-state index contributed by atoms with van der Waals surface area (Å²) in [5.74, 6) is 0.674. The van der Waals surface area contributed by atoms with Crippen LogP contribution in [-0.4, -0.2) is 30.7 Å². The summed E-state index contributed by atoms with van der Waals surface area (Å²) in [6.07, 6.45) is 11.1. The number of imidazole rings is 1. The third-order valence-electron chi connectivity index (χ3n) is 4.72. The molecule has 0 aliphatic heterocycles. The predicted octanol–water partition coefficient (Wildman–Crippen LogP) is 3.13. The van der Waals surface area contributed by atoms with Crippen LogP contribution in [0.2, 0.25) is 0 Å². The lowest BCUT2D eigenvalue weighted by Gasteiger charge is -2.02. The minimum Gasteiger partial charge on any atom is -0.369 e. The summed E-state index contributed by atoms with van der Waals surface area (Å²) < 4.78 is 1.66. The van der Waals surface area contributed by atoms with Gasteiger partial charge in [0, 0.05) is 18.3 Å². The number of nitrogen functional groups attached to an aromatic ring is 1. The maximum atomic E-state index is 12.1.